The summed E-state index contributed by atoms with van der Waals surface area (Å²) >= 11 is 0. The van der Waals surface area contributed by atoms with E-state index in [2.05, 4.69) is 30.7 Å². The molecule has 0 amide bonds. The zero-order valence-electron chi connectivity index (χ0n) is 10.6. The van der Waals surface area contributed by atoms with Gasteiger partial charge in [0, 0.05) is 32.7 Å². The second-order valence-corrected chi connectivity index (χ2v) is 4.99. The summed E-state index contributed by atoms with van der Waals surface area (Å²) in [4.78, 5) is 4.98. The molecule has 1 aliphatic rings. The maximum atomic E-state index is 5.94. The van der Waals surface area contributed by atoms with Crippen LogP contribution in [0.4, 0.5) is 0 Å². The van der Waals surface area contributed by atoms with Gasteiger partial charge < -0.3 is 15.5 Å². The Labute approximate surface area is 94.6 Å². The third-order valence-corrected chi connectivity index (χ3v) is 4.09. The van der Waals surface area contributed by atoms with Gasteiger partial charge in [0.05, 0.1) is 0 Å². The van der Waals surface area contributed by atoms with Crippen molar-refractivity contribution in [2.45, 2.75) is 26.7 Å². The molecule has 1 saturated heterocycles. The number of nitrogens with zero attached hydrogens (tertiary/aromatic N) is 2. The Morgan fingerprint density at radius 2 is 1.60 bits per heavy atom. The molecule has 0 spiro atoms. The fraction of sp³-hybridized carbons (Fsp3) is 1.00. The minimum absolute atomic E-state index is 0.357. The van der Waals surface area contributed by atoms with Gasteiger partial charge in [-0.15, -0.1) is 0 Å². The number of piperazine rings is 1. The van der Waals surface area contributed by atoms with Crippen molar-refractivity contribution in [1.82, 2.24) is 9.80 Å². The molecule has 0 unspecified atom stereocenters. The van der Waals surface area contributed by atoms with Crippen molar-refractivity contribution in [3.05, 3.63) is 0 Å². The molecule has 0 atom stereocenters. The molecule has 0 aliphatic carbocycles. The summed E-state index contributed by atoms with van der Waals surface area (Å²) in [6.07, 6.45) is 2.40. The average Bonchev–Trinajstić information content (AvgIpc) is 2.29. The van der Waals surface area contributed by atoms with E-state index < -0.39 is 0 Å². The Balaban J connectivity index is 2.44. The molecule has 0 aromatic rings. The molecule has 0 bridgehead atoms. The standard InChI is InChI=1S/C12H27N3/c1-4-12(5-2,10-13)11-15-8-6-14(3)7-9-15/h4-11,13H2,1-3H3. The zero-order chi connectivity index (χ0) is 11.3. The third kappa shape index (κ3) is 3.44. The van der Waals surface area contributed by atoms with Crippen molar-refractivity contribution >= 4 is 0 Å². The molecule has 0 aromatic carbocycles. The van der Waals surface area contributed by atoms with Crippen LogP contribution in [0.25, 0.3) is 0 Å². The first kappa shape index (κ1) is 12.9. The van der Waals surface area contributed by atoms with Crippen LogP contribution in [0, 0.1) is 5.41 Å². The predicted octanol–water partition coefficient (Wildman–Crippen LogP) is 0.999. The van der Waals surface area contributed by atoms with E-state index in [0.29, 0.717) is 5.41 Å². The van der Waals surface area contributed by atoms with Crippen LogP contribution in [0.5, 0.6) is 0 Å². The van der Waals surface area contributed by atoms with Gasteiger partial charge in [-0.25, -0.2) is 0 Å². The lowest BCUT2D eigenvalue weighted by Crippen LogP contribution is -2.50. The quantitative estimate of drug-likeness (QED) is 0.739. The van der Waals surface area contributed by atoms with Gasteiger partial charge in [0.15, 0.2) is 0 Å². The van der Waals surface area contributed by atoms with Crippen molar-refractivity contribution in [2.24, 2.45) is 11.1 Å². The maximum absolute atomic E-state index is 5.94. The van der Waals surface area contributed by atoms with Crippen LogP contribution in [-0.2, 0) is 0 Å². The molecule has 1 aliphatic heterocycles. The van der Waals surface area contributed by atoms with Crippen molar-refractivity contribution in [1.29, 1.82) is 0 Å². The van der Waals surface area contributed by atoms with Crippen LogP contribution in [-0.4, -0.2) is 56.1 Å². The highest BCUT2D eigenvalue weighted by molar-refractivity contribution is 4.83. The molecule has 90 valence electrons. The van der Waals surface area contributed by atoms with Crippen LogP contribution in [0.3, 0.4) is 0 Å². The van der Waals surface area contributed by atoms with Gasteiger partial charge in [-0.1, -0.05) is 13.8 Å². The van der Waals surface area contributed by atoms with E-state index in [9.17, 15) is 0 Å². The summed E-state index contributed by atoms with van der Waals surface area (Å²) in [6, 6.07) is 0. The zero-order valence-corrected chi connectivity index (χ0v) is 10.6. The fourth-order valence-corrected chi connectivity index (χ4v) is 2.31. The van der Waals surface area contributed by atoms with Crippen molar-refractivity contribution in [3.8, 4) is 0 Å². The molecule has 15 heavy (non-hydrogen) atoms. The van der Waals surface area contributed by atoms with Crippen LogP contribution in [0.15, 0.2) is 0 Å². The topological polar surface area (TPSA) is 32.5 Å². The Morgan fingerprint density at radius 3 is 2.00 bits per heavy atom. The first-order valence-electron chi connectivity index (χ1n) is 6.27. The monoisotopic (exact) mass is 213 g/mol. The van der Waals surface area contributed by atoms with E-state index in [1.54, 1.807) is 0 Å². The molecule has 3 nitrogen and oxygen atoms in total. The van der Waals surface area contributed by atoms with Gasteiger partial charge in [0.25, 0.3) is 0 Å². The molecule has 0 saturated carbocycles. The first-order valence-corrected chi connectivity index (χ1v) is 6.27. The van der Waals surface area contributed by atoms with E-state index in [0.717, 1.165) is 6.54 Å². The molecule has 0 aromatic heterocycles. The second kappa shape index (κ2) is 5.83. The van der Waals surface area contributed by atoms with E-state index in [1.165, 1.54) is 45.6 Å². The lowest BCUT2D eigenvalue weighted by atomic mass is 9.82. The molecule has 1 fully saturated rings. The van der Waals surface area contributed by atoms with E-state index in [4.69, 9.17) is 5.73 Å². The molecular formula is C12H27N3. The van der Waals surface area contributed by atoms with Gasteiger partial charge >= 0.3 is 0 Å². The highest BCUT2D eigenvalue weighted by atomic mass is 15.2. The number of rotatable bonds is 5. The van der Waals surface area contributed by atoms with Crippen molar-refractivity contribution in [3.63, 3.8) is 0 Å². The van der Waals surface area contributed by atoms with Crippen LogP contribution in [0.2, 0.25) is 0 Å². The fourth-order valence-electron chi connectivity index (χ4n) is 2.31. The summed E-state index contributed by atoms with van der Waals surface area (Å²) in [6.45, 7) is 11.4. The Morgan fingerprint density at radius 1 is 1.07 bits per heavy atom. The average molecular weight is 213 g/mol. The lowest BCUT2D eigenvalue weighted by Gasteiger charge is -2.40. The van der Waals surface area contributed by atoms with Crippen molar-refractivity contribution in [2.75, 3.05) is 46.3 Å². The van der Waals surface area contributed by atoms with Gasteiger partial charge in [-0.05, 0) is 31.8 Å². The number of hydrogen-bond acceptors (Lipinski definition) is 3. The van der Waals surface area contributed by atoms with E-state index in [-0.39, 0.29) is 0 Å². The SMILES string of the molecule is CCC(CC)(CN)CN1CCN(C)CC1. The Bertz CT molecular complexity index is 161. The normalized spacial score (nSPS) is 20.8. The second-order valence-electron chi connectivity index (χ2n) is 4.99. The predicted molar refractivity (Wildman–Crippen MR) is 66.0 cm³/mol. The van der Waals surface area contributed by atoms with Crippen molar-refractivity contribution < 1.29 is 0 Å². The number of likely N-dealkylation sites (N-methyl/N-ethyl adjacent to an activating group) is 1. The Kier molecular flexibility index (Phi) is 5.03. The first-order chi connectivity index (χ1) is 7.15. The highest BCUT2D eigenvalue weighted by Gasteiger charge is 2.28. The minimum Gasteiger partial charge on any atom is -0.330 e. The van der Waals surface area contributed by atoms with Crippen LogP contribution >= 0.6 is 0 Å². The summed E-state index contributed by atoms with van der Waals surface area (Å²) in [7, 11) is 2.20. The smallest absolute Gasteiger partial charge is 0.0110 e. The molecule has 3 heteroatoms. The number of hydrogen-bond donors (Lipinski definition) is 1. The number of nitrogens with two attached hydrogens (primary N) is 1. The summed E-state index contributed by atoms with van der Waals surface area (Å²) in [5.41, 5.74) is 6.29. The lowest BCUT2D eigenvalue weighted by molar-refractivity contribution is 0.0934. The van der Waals surface area contributed by atoms with Gasteiger partial charge in [0.2, 0.25) is 0 Å². The Hall–Kier alpha value is -0.120. The van der Waals surface area contributed by atoms with Gasteiger partial charge in [-0.2, -0.15) is 0 Å². The minimum atomic E-state index is 0.357. The van der Waals surface area contributed by atoms with E-state index >= 15 is 0 Å². The third-order valence-electron chi connectivity index (χ3n) is 4.09. The largest absolute Gasteiger partial charge is 0.330 e. The summed E-state index contributed by atoms with van der Waals surface area (Å²) in [5, 5.41) is 0. The molecule has 0 radical (unpaired) electrons. The molecule has 2 N–H and O–H groups in total. The highest BCUT2D eigenvalue weighted by Crippen LogP contribution is 2.26. The van der Waals surface area contributed by atoms with Gasteiger partial charge in [0.1, 0.15) is 0 Å². The van der Waals surface area contributed by atoms with E-state index in [1.807, 2.05) is 0 Å². The summed E-state index contributed by atoms with van der Waals surface area (Å²) < 4.78 is 0. The summed E-state index contributed by atoms with van der Waals surface area (Å²) in [5.74, 6) is 0. The molecular weight excluding hydrogens is 186 g/mol. The van der Waals surface area contributed by atoms with Crippen LogP contribution in [0.1, 0.15) is 26.7 Å². The maximum Gasteiger partial charge on any atom is 0.0110 e. The van der Waals surface area contributed by atoms with Gasteiger partial charge in [-0.3, -0.25) is 0 Å². The van der Waals surface area contributed by atoms with Crippen LogP contribution < -0.4 is 5.73 Å². The molecule has 1 rings (SSSR count). The molecule has 1 heterocycles.